The van der Waals surface area contributed by atoms with Gasteiger partial charge in [-0.3, -0.25) is 9.69 Å². The highest BCUT2D eigenvalue weighted by Gasteiger charge is 2.42. The molecule has 1 N–H and O–H groups in total. The van der Waals surface area contributed by atoms with E-state index in [9.17, 15) is 27.6 Å². The van der Waals surface area contributed by atoms with Crippen molar-refractivity contribution >= 4 is 29.5 Å². The number of anilines is 2. The Bertz CT molecular complexity index is 1480. The lowest BCUT2D eigenvalue weighted by Crippen LogP contribution is -2.50. The third-order valence-electron chi connectivity index (χ3n) is 6.78. The summed E-state index contributed by atoms with van der Waals surface area (Å²) in [5.41, 5.74) is -2.19. The van der Waals surface area contributed by atoms with Crippen molar-refractivity contribution in [2.24, 2.45) is 0 Å². The van der Waals surface area contributed by atoms with Gasteiger partial charge in [-0.2, -0.15) is 13.2 Å². The highest BCUT2D eigenvalue weighted by atomic mass is 19.4. The van der Waals surface area contributed by atoms with Crippen LogP contribution in [-0.2, 0) is 32.0 Å². The number of benzene rings is 2. The van der Waals surface area contributed by atoms with Gasteiger partial charge < -0.3 is 29.2 Å². The topological polar surface area (TPSA) is 107 Å². The Morgan fingerprint density at radius 2 is 1.49 bits per heavy atom. The van der Waals surface area contributed by atoms with Crippen LogP contribution in [0, 0.1) is 5.82 Å². The molecule has 14 heteroatoms. The van der Waals surface area contributed by atoms with Crippen LogP contribution in [0.4, 0.5) is 38.5 Å². The van der Waals surface area contributed by atoms with Gasteiger partial charge in [-0.05, 0) is 67.9 Å². The molecule has 0 unspecified atom stereocenters. The van der Waals surface area contributed by atoms with Gasteiger partial charge in [0.05, 0.1) is 18.2 Å². The molecule has 2 aromatic rings. The number of fused-ring (bicyclic) bond motifs is 1. The fourth-order valence-electron chi connectivity index (χ4n) is 4.94. The standard InChI is InChI=1S/C35H47F4N3O7/c1-32(2,3)47-27(43)19-40-29-26(46-21-22-13-11-10-12-14-22)18-25-24(28(29)36)17-23(42(25)31(45)49-34(7,8)9)20-41(16-15-35(37,38)39)30(44)48-33(4,5)6/h10-14,18,23,40H,15-17,19-21H2,1-9H3/t23-/m1/s1. The second kappa shape index (κ2) is 15.1. The number of carbonyl (C=O) groups is 3. The lowest BCUT2D eigenvalue weighted by atomic mass is 10.1. The monoisotopic (exact) mass is 697 g/mol. The number of amides is 2. The fraction of sp³-hybridized carbons (Fsp3) is 0.571. The lowest BCUT2D eigenvalue weighted by molar-refractivity contribution is -0.152. The molecular formula is C35H47F4N3O7. The molecule has 1 atom stereocenters. The van der Waals surface area contributed by atoms with Crippen LogP contribution in [-0.4, -0.2) is 71.7 Å². The Hall–Kier alpha value is -4.23. The molecule has 272 valence electrons. The van der Waals surface area contributed by atoms with E-state index in [2.05, 4.69) is 5.32 Å². The first-order chi connectivity index (χ1) is 22.4. The minimum absolute atomic E-state index is 0.0000850. The SMILES string of the molecule is CC(C)(C)OC(=O)CNc1c(OCc2ccccc2)cc2c(c1F)C[C@H](CN(CCC(F)(F)F)C(=O)OC(C)(C)C)N2C(=O)OC(C)(C)C. The van der Waals surface area contributed by atoms with Crippen LogP contribution in [0.1, 0.15) is 79.9 Å². The van der Waals surface area contributed by atoms with Gasteiger partial charge in [-0.15, -0.1) is 0 Å². The van der Waals surface area contributed by atoms with Gasteiger partial charge in [0.15, 0.2) is 5.82 Å². The minimum atomic E-state index is -4.59. The average Bonchev–Trinajstić information content (AvgIpc) is 3.29. The van der Waals surface area contributed by atoms with Gasteiger partial charge in [0.1, 0.15) is 41.4 Å². The van der Waals surface area contributed by atoms with Gasteiger partial charge in [-0.1, -0.05) is 30.3 Å². The molecule has 0 aliphatic carbocycles. The van der Waals surface area contributed by atoms with Crippen LogP contribution < -0.4 is 15.0 Å². The van der Waals surface area contributed by atoms with Crippen LogP contribution in [0.15, 0.2) is 36.4 Å². The number of alkyl halides is 3. The first-order valence-electron chi connectivity index (χ1n) is 16.0. The predicted octanol–water partition coefficient (Wildman–Crippen LogP) is 8.01. The fourth-order valence-corrected chi connectivity index (χ4v) is 4.94. The second-order valence-electron chi connectivity index (χ2n) is 14.8. The number of nitrogens with zero attached hydrogens (tertiary/aromatic N) is 2. The molecular weight excluding hydrogens is 650 g/mol. The maximum Gasteiger partial charge on any atom is 0.415 e. The molecule has 2 aromatic carbocycles. The summed E-state index contributed by atoms with van der Waals surface area (Å²) in [4.78, 5) is 41.4. The summed E-state index contributed by atoms with van der Waals surface area (Å²) >= 11 is 0. The third-order valence-corrected chi connectivity index (χ3v) is 6.78. The van der Waals surface area contributed by atoms with Gasteiger partial charge in [-0.25, -0.2) is 14.0 Å². The Labute approximate surface area is 285 Å². The number of nitrogens with one attached hydrogen (secondary N) is 1. The van der Waals surface area contributed by atoms with E-state index < -0.39 is 79.0 Å². The Morgan fingerprint density at radius 1 is 0.898 bits per heavy atom. The van der Waals surface area contributed by atoms with Crippen LogP contribution in [0.2, 0.25) is 0 Å². The molecule has 1 aliphatic rings. The first kappa shape index (κ1) is 39.2. The number of ether oxygens (including phenoxy) is 4. The van der Waals surface area contributed by atoms with Gasteiger partial charge in [0, 0.05) is 31.1 Å². The summed E-state index contributed by atoms with van der Waals surface area (Å²) in [6, 6.07) is 9.38. The minimum Gasteiger partial charge on any atom is -0.487 e. The van der Waals surface area contributed by atoms with Crippen molar-refractivity contribution in [2.75, 3.05) is 29.9 Å². The van der Waals surface area contributed by atoms with Gasteiger partial charge in [0.25, 0.3) is 0 Å². The molecule has 2 amide bonds. The summed E-state index contributed by atoms with van der Waals surface area (Å²) in [5.74, 6) is -1.55. The number of carbonyl (C=O) groups excluding carboxylic acids is 3. The van der Waals surface area contributed by atoms with E-state index in [0.29, 0.717) is 0 Å². The Balaban J connectivity index is 2.09. The molecule has 0 bridgehead atoms. The average molecular weight is 698 g/mol. The molecule has 49 heavy (non-hydrogen) atoms. The van der Waals surface area contributed by atoms with Crippen molar-refractivity contribution in [3.05, 3.63) is 53.3 Å². The molecule has 0 spiro atoms. The first-order valence-corrected chi connectivity index (χ1v) is 16.0. The molecule has 0 saturated carbocycles. The Morgan fingerprint density at radius 3 is 2.04 bits per heavy atom. The zero-order valence-electron chi connectivity index (χ0n) is 29.5. The largest absolute Gasteiger partial charge is 0.487 e. The Kier molecular flexibility index (Phi) is 12.1. The van der Waals surface area contributed by atoms with E-state index in [-0.39, 0.29) is 35.7 Å². The van der Waals surface area contributed by atoms with Crippen molar-refractivity contribution in [1.29, 1.82) is 0 Å². The van der Waals surface area contributed by atoms with E-state index in [4.69, 9.17) is 18.9 Å². The summed E-state index contributed by atoms with van der Waals surface area (Å²) < 4.78 is 79.0. The molecule has 3 rings (SSSR count). The number of rotatable bonds is 10. The van der Waals surface area contributed by atoms with Crippen molar-refractivity contribution in [1.82, 2.24) is 4.90 Å². The van der Waals surface area contributed by atoms with E-state index in [1.54, 1.807) is 86.6 Å². The number of hydrogen-bond acceptors (Lipinski definition) is 8. The number of esters is 1. The maximum absolute atomic E-state index is 16.6. The third kappa shape index (κ3) is 12.3. The molecule has 1 heterocycles. The van der Waals surface area contributed by atoms with Crippen molar-refractivity contribution in [3.8, 4) is 5.75 Å². The zero-order valence-corrected chi connectivity index (χ0v) is 29.5. The summed E-state index contributed by atoms with van der Waals surface area (Å²) in [6.45, 7) is 13.1. The number of halogens is 4. The lowest BCUT2D eigenvalue weighted by Gasteiger charge is -2.33. The van der Waals surface area contributed by atoms with Crippen molar-refractivity contribution in [3.63, 3.8) is 0 Å². The summed E-state index contributed by atoms with van der Waals surface area (Å²) in [6.07, 6.45) is -8.05. The molecule has 0 fully saturated rings. The van der Waals surface area contributed by atoms with Gasteiger partial charge in [0.2, 0.25) is 0 Å². The van der Waals surface area contributed by atoms with E-state index >= 15 is 4.39 Å². The number of hydrogen-bond donors (Lipinski definition) is 1. The van der Waals surface area contributed by atoms with Crippen molar-refractivity contribution in [2.45, 2.75) is 111 Å². The normalized spacial score (nSPS) is 15.0. The summed E-state index contributed by atoms with van der Waals surface area (Å²) in [7, 11) is 0. The molecule has 10 nitrogen and oxygen atoms in total. The smallest absolute Gasteiger partial charge is 0.415 e. The van der Waals surface area contributed by atoms with E-state index in [0.717, 1.165) is 15.4 Å². The molecule has 0 radical (unpaired) electrons. The van der Waals surface area contributed by atoms with Gasteiger partial charge >= 0.3 is 24.3 Å². The highest BCUT2D eigenvalue weighted by Crippen LogP contribution is 2.44. The molecule has 0 saturated heterocycles. The molecule has 0 aromatic heterocycles. The quantitative estimate of drug-likeness (QED) is 0.151. The predicted molar refractivity (Wildman–Crippen MR) is 176 cm³/mol. The van der Waals surface area contributed by atoms with Crippen LogP contribution >= 0.6 is 0 Å². The van der Waals surface area contributed by atoms with Crippen molar-refractivity contribution < 1.29 is 50.9 Å². The van der Waals surface area contributed by atoms with Crippen LogP contribution in [0.25, 0.3) is 0 Å². The van der Waals surface area contributed by atoms with Crippen LogP contribution in [0.5, 0.6) is 5.75 Å². The van der Waals surface area contributed by atoms with Crippen LogP contribution in [0.3, 0.4) is 0 Å². The van der Waals surface area contributed by atoms with E-state index in [1.807, 2.05) is 6.07 Å². The van der Waals surface area contributed by atoms with E-state index in [1.165, 1.54) is 6.07 Å². The molecule has 1 aliphatic heterocycles. The summed E-state index contributed by atoms with van der Waals surface area (Å²) in [5, 5.41) is 2.77. The zero-order chi connectivity index (χ0) is 36.9. The maximum atomic E-state index is 16.6. The second-order valence-corrected chi connectivity index (χ2v) is 14.8. The highest BCUT2D eigenvalue weighted by molar-refractivity contribution is 5.93.